The smallest absolute Gasteiger partial charge is 0.0679 e. The molecule has 0 aromatic carbocycles. The lowest BCUT2D eigenvalue weighted by atomic mass is 9.82. The summed E-state index contributed by atoms with van der Waals surface area (Å²) in [7, 11) is 0. The van der Waals surface area contributed by atoms with Crippen LogP contribution in [0.4, 0.5) is 0 Å². The molecule has 1 saturated carbocycles. The van der Waals surface area contributed by atoms with E-state index in [2.05, 4.69) is 43.2 Å². The molecule has 1 fully saturated rings. The second-order valence-electron chi connectivity index (χ2n) is 7.37. The summed E-state index contributed by atoms with van der Waals surface area (Å²) in [5.41, 5.74) is 6.68. The lowest BCUT2D eigenvalue weighted by Crippen LogP contribution is -2.14. The predicted molar refractivity (Wildman–Crippen MR) is 104 cm³/mol. The van der Waals surface area contributed by atoms with E-state index in [-0.39, 0.29) is 0 Å². The van der Waals surface area contributed by atoms with Crippen LogP contribution in [0.1, 0.15) is 49.7 Å². The molecule has 0 amide bonds. The zero-order valence-electron chi connectivity index (χ0n) is 15.7. The van der Waals surface area contributed by atoms with E-state index in [1.807, 2.05) is 23.1 Å². The molecule has 0 unspecified atom stereocenters. The van der Waals surface area contributed by atoms with E-state index in [9.17, 15) is 0 Å². The van der Waals surface area contributed by atoms with Crippen molar-refractivity contribution in [2.24, 2.45) is 5.92 Å². The molecule has 0 N–H and O–H groups in total. The fraction of sp³-hybridized carbons (Fsp3) is 0.409. The highest BCUT2D eigenvalue weighted by Crippen LogP contribution is 2.30. The Morgan fingerprint density at radius 1 is 1.12 bits per heavy atom. The normalized spacial score (nSPS) is 14.4. The molecule has 3 aromatic heterocycles. The van der Waals surface area contributed by atoms with Crippen LogP contribution in [0.15, 0.2) is 42.9 Å². The first kappa shape index (κ1) is 17.0. The first-order valence-corrected chi connectivity index (χ1v) is 9.70. The van der Waals surface area contributed by atoms with Gasteiger partial charge in [-0.25, -0.2) is 4.68 Å². The second-order valence-corrected chi connectivity index (χ2v) is 7.37. The van der Waals surface area contributed by atoms with Gasteiger partial charge in [-0.05, 0) is 43.9 Å². The second kappa shape index (κ2) is 7.40. The van der Waals surface area contributed by atoms with Crippen molar-refractivity contribution in [2.45, 2.75) is 52.4 Å². The minimum absolute atomic E-state index is 0.849. The van der Waals surface area contributed by atoms with Gasteiger partial charge >= 0.3 is 0 Å². The van der Waals surface area contributed by atoms with E-state index in [1.165, 1.54) is 25.0 Å². The Hall–Kier alpha value is -2.49. The topological polar surface area (TPSA) is 43.6 Å². The molecule has 134 valence electrons. The fourth-order valence-electron chi connectivity index (χ4n) is 3.57. The van der Waals surface area contributed by atoms with Crippen molar-refractivity contribution in [2.75, 3.05) is 0 Å². The largest absolute Gasteiger partial charge is 0.261 e. The fourth-order valence-corrected chi connectivity index (χ4v) is 3.57. The summed E-state index contributed by atoms with van der Waals surface area (Å²) in [6.07, 6.45) is 13.3. The molecule has 0 bridgehead atoms. The summed E-state index contributed by atoms with van der Waals surface area (Å²) >= 11 is 0. The minimum atomic E-state index is 0.849. The predicted octanol–water partition coefficient (Wildman–Crippen LogP) is 4.93. The quantitative estimate of drug-likeness (QED) is 0.635. The highest BCUT2D eigenvalue weighted by molar-refractivity contribution is 5.64. The number of pyridine rings is 2. The number of rotatable bonds is 6. The van der Waals surface area contributed by atoms with Crippen LogP contribution in [0.2, 0.25) is 0 Å². The molecular formula is C22H26N4. The molecule has 4 nitrogen and oxygen atoms in total. The lowest BCUT2D eigenvalue weighted by molar-refractivity contribution is 0.312. The summed E-state index contributed by atoms with van der Waals surface area (Å²) in [6.45, 7) is 4.23. The standard InChI is InChI=1S/C22H26N4/c1-3-5-19-13-21(10-11-23-19)26-15-22(16(2)25-26)18-8-9-20(24-14-18)12-17-6-4-7-17/h8-11,13-15,17H,3-7,12H2,1-2H3. The first-order valence-electron chi connectivity index (χ1n) is 9.70. The maximum atomic E-state index is 4.71. The average Bonchev–Trinajstić information content (AvgIpc) is 3.01. The molecule has 1 aliphatic carbocycles. The van der Waals surface area contributed by atoms with Crippen LogP contribution in [-0.4, -0.2) is 19.7 Å². The minimum Gasteiger partial charge on any atom is -0.261 e. The summed E-state index contributed by atoms with van der Waals surface area (Å²) in [6, 6.07) is 8.50. The van der Waals surface area contributed by atoms with Crippen LogP contribution in [0.3, 0.4) is 0 Å². The molecule has 3 heterocycles. The molecule has 0 aliphatic heterocycles. The Bertz CT molecular complexity index is 875. The molecule has 0 atom stereocenters. The van der Waals surface area contributed by atoms with Gasteiger partial charge in [0.1, 0.15) is 0 Å². The van der Waals surface area contributed by atoms with Crippen LogP contribution in [0.25, 0.3) is 16.8 Å². The van der Waals surface area contributed by atoms with Gasteiger partial charge in [-0.15, -0.1) is 0 Å². The van der Waals surface area contributed by atoms with Crippen LogP contribution in [-0.2, 0) is 12.8 Å². The van der Waals surface area contributed by atoms with Crippen molar-refractivity contribution in [3.05, 3.63) is 59.9 Å². The molecular weight excluding hydrogens is 320 g/mol. The molecule has 0 saturated heterocycles. The average molecular weight is 346 g/mol. The number of aryl methyl sites for hydroxylation is 2. The van der Waals surface area contributed by atoms with Gasteiger partial charge in [0.15, 0.2) is 0 Å². The van der Waals surface area contributed by atoms with Gasteiger partial charge in [0.2, 0.25) is 0 Å². The number of hydrogen-bond donors (Lipinski definition) is 0. The Labute approximate surface area is 155 Å². The van der Waals surface area contributed by atoms with Gasteiger partial charge in [-0.2, -0.15) is 5.10 Å². The van der Waals surface area contributed by atoms with Crippen molar-refractivity contribution < 1.29 is 0 Å². The van der Waals surface area contributed by atoms with E-state index in [0.717, 1.165) is 53.4 Å². The maximum Gasteiger partial charge on any atom is 0.0679 e. The molecule has 3 aromatic rings. The van der Waals surface area contributed by atoms with Crippen LogP contribution >= 0.6 is 0 Å². The zero-order valence-corrected chi connectivity index (χ0v) is 15.7. The van der Waals surface area contributed by atoms with Gasteiger partial charge in [0, 0.05) is 41.1 Å². The molecule has 4 rings (SSSR count). The van der Waals surface area contributed by atoms with Gasteiger partial charge in [0.25, 0.3) is 0 Å². The first-order chi connectivity index (χ1) is 12.7. The van der Waals surface area contributed by atoms with Crippen LogP contribution < -0.4 is 0 Å². The lowest BCUT2D eigenvalue weighted by Gasteiger charge is -2.24. The number of aromatic nitrogens is 4. The van der Waals surface area contributed by atoms with Gasteiger partial charge in [-0.1, -0.05) is 38.7 Å². The van der Waals surface area contributed by atoms with Crippen molar-refractivity contribution in [3.8, 4) is 16.8 Å². The van der Waals surface area contributed by atoms with Gasteiger partial charge in [0.05, 0.1) is 11.4 Å². The highest BCUT2D eigenvalue weighted by Gasteiger charge is 2.18. The number of hydrogen-bond acceptors (Lipinski definition) is 3. The Balaban J connectivity index is 1.57. The summed E-state index contributed by atoms with van der Waals surface area (Å²) in [4.78, 5) is 9.13. The van der Waals surface area contributed by atoms with Gasteiger partial charge < -0.3 is 0 Å². The van der Waals surface area contributed by atoms with Crippen molar-refractivity contribution >= 4 is 0 Å². The van der Waals surface area contributed by atoms with Crippen molar-refractivity contribution in [3.63, 3.8) is 0 Å². The molecule has 26 heavy (non-hydrogen) atoms. The molecule has 0 spiro atoms. The van der Waals surface area contributed by atoms with Crippen LogP contribution in [0, 0.1) is 12.8 Å². The molecule has 0 radical (unpaired) electrons. The summed E-state index contributed by atoms with van der Waals surface area (Å²) < 4.78 is 1.95. The third kappa shape index (κ3) is 3.55. The van der Waals surface area contributed by atoms with E-state index in [0.29, 0.717) is 0 Å². The maximum absolute atomic E-state index is 4.71. The molecule has 4 heteroatoms. The van der Waals surface area contributed by atoms with E-state index >= 15 is 0 Å². The van der Waals surface area contributed by atoms with E-state index in [4.69, 9.17) is 10.1 Å². The van der Waals surface area contributed by atoms with E-state index < -0.39 is 0 Å². The number of nitrogens with zero attached hydrogens (tertiary/aromatic N) is 4. The third-order valence-electron chi connectivity index (χ3n) is 5.33. The zero-order chi connectivity index (χ0) is 17.9. The summed E-state index contributed by atoms with van der Waals surface area (Å²) in [5, 5.41) is 4.71. The van der Waals surface area contributed by atoms with Gasteiger partial charge in [-0.3, -0.25) is 9.97 Å². The monoisotopic (exact) mass is 346 g/mol. The Morgan fingerprint density at radius 2 is 2.00 bits per heavy atom. The molecule has 1 aliphatic rings. The third-order valence-corrected chi connectivity index (χ3v) is 5.33. The van der Waals surface area contributed by atoms with Crippen molar-refractivity contribution in [1.29, 1.82) is 0 Å². The van der Waals surface area contributed by atoms with Crippen molar-refractivity contribution in [1.82, 2.24) is 19.7 Å². The van der Waals surface area contributed by atoms with E-state index in [1.54, 1.807) is 0 Å². The SMILES string of the molecule is CCCc1cc(-n2cc(-c3ccc(CC4CCC4)nc3)c(C)n2)ccn1. The highest BCUT2D eigenvalue weighted by atomic mass is 15.3. The Morgan fingerprint density at radius 3 is 2.69 bits per heavy atom. The summed E-state index contributed by atoms with van der Waals surface area (Å²) in [5.74, 6) is 0.849. The van der Waals surface area contributed by atoms with Crippen LogP contribution in [0.5, 0.6) is 0 Å². The Kier molecular flexibility index (Phi) is 4.83.